The quantitative estimate of drug-likeness (QED) is 0.937. The predicted octanol–water partition coefficient (Wildman–Crippen LogP) is 2.05. The van der Waals surface area contributed by atoms with Crippen molar-refractivity contribution in [3.8, 4) is 0 Å². The monoisotopic (exact) mass is 315 g/mol. The van der Waals surface area contributed by atoms with E-state index in [-0.39, 0.29) is 12.3 Å². The van der Waals surface area contributed by atoms with Crippen molar-refractivity contribution in [2.45, 2.75) is 37.9 Å². The van der Waals surface area contributed by atoms with E-state index >= 15 is 0 Å². The number of hydrogen-bond donors (Lipinski definition) is 1. The van der Waals surface area contributed by atoms with Gasteiger partial charge in [0.1, 0.15) is 12.4 Å². The second-order valence-corrected chi connectivity index (χ2v) is 5.30. The number of halogens is 3. The first kappa shape index (κ1) is 15.0. The molecule has 0 spiro atoms. The third kappa shape index (κ3) is 3.65. The summed E-state index contributed by atoms with van der Waals surface area (Å²) < 4.78 is 44.4. The molecule has 1 saturated heterocycles. The number of hydrogen-bond acceptors (Lipinski definition) is 4. The van der Waals surface area contributed by atoms with Crippen molar-refractivity contribution in [1.82, 2.24) is 24.7 Å². The maximum Gasteiger partial charge on any atom is 0.408 e. The lowest BCUT2D eigenvalue weighted by molar-refractivity contribution is -0.143. The summed E-state index contributed by atoms with van der Waals surface area (Å²) in [5, 5.41) is 4.10. The van der Waals surface area contributed by atoms with Crippen LogP contribution in [0.5, 0.6) is 0 Å². The van der Waals surface area contributed by atoms with Gasteiger partial charge in [-0.05, 0) is 12.8 Å². The Morgan fingerprint density at radius 2 is 2.09 bits per heavy atom. The van der Waals surface area contributed by atoms with Crippen LogP contribution in [0.3, 0.4) is 0 Å². The fourth-order valence-corrected chi connectivity index (χ4v) is 2.50. The Morgan fingerprint density at radius 3 is 2.73 bits per heavy atom. The zero-order valence-electron chi connectivity index (χ0n) is 11.8. The molecule has 0 atom stereocenters. The van der Waals surface area contributed by atoms with E-state index in [0.29, 0.717) is 30.6 Å². The molecule has 0 radical (unpaired) electrons. The molecule has 0 bridgehead atoms. The van der Waals surface area contributed by atoms with E-state index in [9.17, 15) is 13.2 Å². The van der Waals surface area contributed by atoms with Crippen molar-refractivity contribution in [2.75, 3.05) is 13.2 Å². The lowest BCUT2D eigenvalue weighted by atomic mass is 10.00. The first-order valence-corrected chi connectivity index (χ1v) is 7.06. The zero-order chi connectivity index (χ0) is 15.6. The first-order chi connectivity index (χ1) is 10.5. The average molecular weight is 315 g/mol. The Kier molecular flexibility index (Phi) is 4.14. The molecule has 120 valence electrons. The highest BCUT2D eigenvalue weighted by atomic mass is 19.4. The van der Waals surface area contributed by atoms with E-state index in [0.717, 1.165) is 17.5 Å². The van der Waals surface area contributed by atoms with Crippen LogP contribution < -0.4 is 0 Å². The fraction of sp³-hybridized carbons (Fsp3) is 0.615. The van der Waals surface area contributed by atoms with Gasteiger partial charge < -0.3 is 9.72 Å². The van der Waals surface area contributed by atoms with E-state index < -0.39 is 12.7 Å². The number of alkyl halides is 3. The van der Waals surface area contributed by atoms with Crippen molar-refractivity contribution in [2.24, 2.45) is 0 Å². The molecule has 3 heterocycles. The van der Waals surface area contributed by atoms with E-state index in [2.05, 4.69) is 20.1 Å². The Hall–Kier alpha value is -1.90. The number of imidazole rings is 1. The van der Waals surface area contributed by atoms with Crippen LogP contribution in [0.15, 0.2) is 12.5 Å². The highest BCUT2D eigenvalue weighted by Gasteiger charge is 2.31. The summed E-state index contributed by atoms with van der Waals surface area (Å²) in [6.45, 7) is 0.0510. The van der Waals surface area contributed by atoms with E-state index in [4.69, 9.17) is 4.74 Å². The van der Waals surface area contributed by atoms with Crippen LogP contribution in [-0.2, 0) is 17.7 Å². The van der Waals surface area contributed by atoms with Crippen molar-refractivity contribution in [3.05, 3.63) is 29.9 Å². The van der Waals surface area contributed by atoms with Gasteiger partial charge in [-0.15, -0.1) is 0 Å². The van der Waals surface area contributed by atoms with Crippen molar-refractivity contribution in [3.63, 3.8) is 0 Å². The molecule has 0 aliphatic carbocycles. The van der Waals surface area contributed by atoms with E-state index in [1.54, 1.807) is 6.20 Å². The van der Waals surface area contributed by atoms with Gasteiger partial charge in [-0.25, -0.2) is 14.6 Å². The van der Waals surface area contributed by atoms with Crippen LogP contribution in [-0.4, -0.2) is 44.1 Å². The number of nitrogens with zero attached hydrogens (tertiary/aromatic N) is 4. The lowest BCUT2D eigenvalue weighted by Gasteiger charge is -2.18. The number of ether oxygens (including phenoxy) is 1. The van der Waals surface area contributed by atoms with E-state index in [1.807, 2.05) is 0 Å². The third-order valence-corrected chi connectivity index (χ3v) is 3.58. The molecule has 3 rings (SSSR count). The minimum Gasteiger partial charge on any atom is -0.381 e. The molecule has 9 heteroatoms. The Labute approximate surface area is 124 Å². The van der Waals surface area contributed by atoms with Crippen LogP contribution in [0, 0.1) is 0 Å². The number of H-pyrrole nitrogens is 1. The first-order valence-electron chi connectivity index (χ1n) is 7.06. The Balaban J connectivity index is 1.85. The van der Waals surface area contributed by atoms with E-state index in [1.165, 1.54) is 6.33 Å². The van der Waals surface area contributed by atoms with Crippen molar-refractivity contribution in [1.29, 1.82) is 0 Å². The van der Waals surface area contributed by atoms with Crippen molar-refractivity contribution >= 4 is 0 Å². The summed E-state index contributed by atoms with van der Waals surface area (Å²) in [6.07, 6.45) is 0.439. The van der Waals surface area contributed by atoms with Gasteiger partial charge in [0.05, 0.1) is 6.33 Å². The number of aromatic amines is 1. The molecular formula is C13H16F3N5O. The summed E-state index contributed by atoms with van der Waals surface area (Å²) in [6, 6.07) is 0. The van der Waals surface area contributed by atoms with Gasteiger partial charge in [-0.3, -0.25) is 0 Å². The van der Waals surface area contributed by atoms with Crippen LogP contribution in [0.2, 0.25) is 0 Å². The lowest BCUT2D eigenvalue weighted by Crippen LogP contribution is -2.21. The summed E-state index contributed by atoms with van der Waals surface area (Å²) in [4.78, 5) is 11.1. The fourth-order valence-electron chi connectivity index (χ4n) is 2.50. The van der Waals surface area contributed by atoms with Crippen LogP contribution >= 0.6 is 0 Å². The van der Waals surface area contributed by atoms with Crippen molar-refractivity contribution < 1.29 is 17.9 Å². The van der Waals surface area contributed by atoms with Gasteiger partial charge >= 0.3 is 6.18 Å². The Morgan fingerprint density at radius 1 is 1.32 bits per heavy atom. The summed E-state index contributed by atoms with van der Waals surface area (Å²) >= 11 is 0. The smallest absolute Gasteiger partial charge is 0.381 e. The molecule has 2 aromatic rings. The molecule has 2 aromatic heterocycles. The molecule has 0 amide bonds. The minimum atomic E-state index is -4.33. The minimum absolute atomic E-state index is 0.0590. The van der Waals surface area contributed by atoms with Gasteiger partial charge in [0.25, 0.3) is 0 Å². The topological polar surface area (TPSA) is 68.6 Å². The molecule has 1 N–H and O–H groups in total. The van der Waals surface area contributed by atoms with Gasteiger partial charge in [0.15, 0.2) is 5.82 Å². The molecule has 0 aromatic carbocycles. The predicted molar refractivity (Wildman–Crippen MR) is 70.3 cm³/mol. The number of rotatable bonds is 4. The van der Waals surface area contributed by atoms with Gasteiger partial charge in [-0.1, -0.05) is 0 Å². The second-order valence-electron chi connectivity index (χ2n) is 5.30. The van der Waals surface area contributed by atoms with Crippen LogP contribution in [0.1, 0.15) is 36.1 Å². The molecule has 0 saturated carbocycles. The largest absolute Gasteiger partial charge is 0.408 e. The molecule has 1 aliphatic heterocycles. The summed E-state index contributed by atoms with van der Waals surface area (Å²) in [5.74, 6) is 0.828. The third-order valence-electron chi connectivity index (χ3n) is 3.58. The molecule has 0 unspecified atom stereocenters. The Bertz CT molecular complexity index is 602. The molecule has 1 aliphatic rings. The van der Waals surface area contributed by atoms with Gasteiger partial charge in [-0.2, -0.15) is 18.3 Å². The zero-order valence-corrected chi connectivity index (χ0v) is 11.8. The second kappa shape index (κ2) is 6.07. The number of nitrogens with one attached hydrogen (secondary N) is 1. The normalized spacial score (nSPS) is 17.0. The average Bonchev–Trinajstić information content (AvgIpc) is 3.10. The number of aromatic nitrogens is 5. The van der Waals surface area contributed by atoms with Gasteiger partial charge in [0, 0.05) is 37.4 Å². The highest BCUT2D eigenvalue weighted by molar-refractivity contribution is 5.08. The summed E-state index contributed by atoms with van der Waals surface area (Å²) in [5.41, 5.74) is 0.703. The van der Waals surface area contributed by atoms with Gasteiger partial charge in [0.2, 0.25) is 0 Å². The van der Waals surface area contributed by atoms with Crippen LogP contribution in [0.25, 0.3) is 0 Å². The molecule has 6 nitrogen and oxygen atoms in total. The summed E-state index contributed by atoms with van der Waals surface area (Å²) in [7, 11) is 0. The SMILES string of the molecule is FC(F)(F)Cn1nc(C2CCOCC2)nc1Cc1cnc[nH]1. The standard InChI is InChI=1S/C13H16F3N5O/c14-13(15,16)7-21-11(5-10-6-17-8-18-10)19-12(20-21)9-1-3-22-4-2-9/h6,8-9H,1-5,7H2,(H,17,18). The molecular weight excluding hydrogens is 299 g/mol. The molecule has 22 heavy (non-hydrogen) atoms. The molecule has 1 fully saturated rings. The van der Waals surface area contributed by atoms with Crippen LogP contribution in [0.4, 0.5) is 13.2 Å². The maximum absolute atomic E-state index is 12.7. The maximum atomic E-state index is 12.7. The highest BCUT2D eigenvalue weighted by Crippen LogP contribution is 2.26.